The van der Waals surface area contributed by atoms with Crippen LogP contribution < -0.4 is 4.74 Å². The maximum atomic E-state index is 13.9. The molecule has 4 nitrogen and oxygen atoms in total. The van der Waals surface area contributed by atoms with Crippen molar-refractivity contribution in [3.8, 4) is 17.1 Å². The van der Waals surface area contributed by atoms with Gasteiger partial charge in [0.2, 0.25) is 0 Å². The van der Waals surface area contributed by atoms with Gasteiger partial charge >= 0.3 is 0 Å². The van der Waals surface area contributed by atoms with Gasteiger partial charge in [0, 0.05) is 24.7 Å². The Bertz CT molecular complexity index is 997. The summed E-state index contributed by atoms with van der Waals surface area (Å²) in [6.45, 7) is 3.02. The minimum absolute atomic E-state index is 0.131. The van der Waals surface area contributed by atoms with Crippen LogP contribution in [-0.2, 0) is 12.6 Å². The van der Waals surface area contributed by atoms with Crippen molar-refractivity contribution in [1.29, 1.82) is 0 Å². The highest BCUT2D eigenvalue weighted by Gasteiger charge is 2.32. The quantitative estimate of drug-likeness (QED) is 0.579. The molecule has 0 atom stereocenters. The number of halogens is 5. The molecule has 0 aliphatic carbocycles. The lowest BCUT2D eigenvalue weighted by molar-refractivity contribution is 0.0833. The number of rotatable bonds is 4. The van der Waals surface area contributed by atoms with Crippen LogP contribution in [0.2, 0.25) is 5.02 Å². The van der Waals surface area contributed by atoms with Crippen molar-refractivity contribution in [3.05, 3.63) is 64.4 Å². The summed E-state index contributed by atoms with van der Waals surface area (Å²) in [5.74, 6) is -4.35. The molecule has 0 fully saturated rings. The summed E-state index contributed by atoms with van der Waals surface area (Å²) in [7, 11) is 1.58. The average molecular weight is 400 g/mol. The van der Waals surface area contributed by atoms with E-state index in [4.69, 9.17) is 16.3 Å². The molecule has 0 amide bonds. The van der Waals surface area contributed by atoms with E-state index in [1.54, 1.807) is 13.1 Å². The molecular weight excluding hydrogens is 386 g/mol. The van der Waals surface area contributed by atoms with Crippen LogP contribution in [0.25, 0.3) is 11.4 Å². The molecule has 142 valence electrons. The molecule has 0 N–H and O–H groups in total. The SMILES string of the molecule is Cn1c(-c2cccc(F)c2Cl)nnc1C(C)(C)Oc1c(F)cc(F)cc1F. The first-order valence-corrected chi connectivity index (χ1v) is 8.17. The summed E-state index contributed by atoms with van der Waals surface area (Å²) in [4.78, 5) is 0. The summed E-state index contributed by atoms with van der Waals surface area (Å²) in [6, 6.07) is 5.27. The zero-order chi connectivity index (χ0) is 19.9. The molecule has 3 aromatic rings. The Balaban J connectivity index is 2.02. The predicted molar refractivity (Wildman–Crippen MR) is 91.4 cm³/mol. The highest BCUT2D eigenvalue weighted by atomic mass is 35.5. The van der Waals surface area contributed by atoms with Crippen LogP contribution in [0.15, 0.2) is 30.3 Å². The van der Waals surface area contributed by atoms with Crippen LogP contribution in [0.5, 0.6) is 5.75 Å². The highest BCUT2D eigenvalue weighted by Crippen LogP contribution is 2.34. The summed E-state index contributed by atoms with van der Waals surface area (Å²) in [6.07, 6.45) is 0. The standard InChI is InChI=1S/C18H14ClF4N3O/c1-18(2,27-15-12(22)7-9(20)8-13(15)23)17-25-24-16(26(17)3)10-5-4-6-11(21)14(10)19/h4-8H,1-3H3. The van der Waals surface area contributed by atoms with Gasteiger partial charge in [-0.25, -0.2) is 17.6 Å². The zero-order valence-electron chi connectivity index (χ0n) is 14.5. The van der Waals surface area contributed by atoms with Crippen molar-refractivity contribution in [3.63, 3.8) is 0 Å². The zero-order valence-corrected chi connectivity index (χ0v) is 15.3. The molecule has 0 bridgehead atoms. The van der Waals surface area contributed by atoms with E-state index in [1.807, 2.05) is 0 Å². The Morgan fingerprint density at radius 1 is 1.00 bits per heavy atom. The second-order valence-corrected chi connectivity index (χ2v) is 6.70. The summed E-state index contributed by atoms with van der Waals surface area (Å²) >= 11 is 5.99. The summed E-state index contributed by atoms with van der Waals surface area (Å²) < 4.78 is 61.6. The lowest BCUT2D eigenvalue weighted by Crippen LogP contribution is -2.30. The number of benzene rings is 2. The van der Waals surface area contributed by atoms with Gasteiger partial charge in [-0.2, -0.15) is 0 Å². The van der Waals surface area contributed by atoms with E-state index in [-0.39, 0.29) is 16.7 Å². The van der Waals surface area contributed by atoms with Gasteiger partial charge in [0.25, 0.3) is 0 Å². The van der Waals surface area contributed by atoms with Crippen LogP contribution in [0, 0.1) is 23.3 Å². The molecule has 27 heavy (non-hydrogen) atoms. The number of aromatic nitrogens is 3. The number of hydrogen-bond donors (Lipinski definition) is 0. The van der Waals surface area contributed by atoms with Crippen molar-refractivity contribution >= 4 is 11.6 Å². The third-order valence-electron chi connectivity index (χ3n) is 3.93. The minimum Gasteiger partial charge on any atom is -0.474 e. The number of ether oxygens (including phenoxy) is 1. The molecule has 2 aromatic carbocycles. The highest BCUT2D eigenvalue weighted by molar-refractivity contribution is 6.33. The molecule has 0 saturated carbocycles. The van der Waals surface area contributed by atoms with Gasteiger partial charge in [0.15, 0.2) is 34.6 Å². The second kappa shape index (κ2) is 6.84. The smallest absolute Gasteiger partial charge is 0.192 e. The van der Waals surface area contributed by atoms with Crippen molar-refractivity contribution in [2.24, 2.45) is 7.05 Å². The molecule has 0 aliphatic rings. The molecule has 9 heteroatoms. The molecule has 0 spiro atoms. The lowest BCUT2D eigenvalue weighted by Gasteiger charge is -2.26. The molecule has 0 radical (unpaired) electrons. The van der Waals surface area contributed by atoms with Crippen molar-refractivity contribution in [2.75, 3.05) is 0 Å². The summed E-state index contributed by atoms with van der Waals surface area (Å²) in [5, 5.41) is 7.85. The van der Waals surface area contributed by atoms with E-state index in [0.717, 1.165) is 0 Å². The Kier molecular flexibility index (Phi) is 4.86. The Morgan fingerprint density at radius 2 is 1.63 bits per heavy atom. The monoisotopic (exact) mass is 399 g/mol. The third kappa shape index (κ3) is 3.49. The second-order valence-electron chi connectivity index (χ2n) is 6.32. The minimum atomic E-state index is -1.35. The van der Waals surface area contributed by atoms with Gasteiger partial charge < -0.3 is 9.30 Å². The molecule has 0 unspecified atom stereocenters. The fourth-order valence-electron chi connectivity index (χ4n) is 2.69. The fourth-order valence-corrected chi connectivity index (χ4v) is 2.90. The Hall–Kier alpha value is -2.61. The number of nitrogens with zero attached hydrogens (tertiary/aromatic N) is 3. The van der Waals surface area contributed by atoms with Gasteiger partial charge in [-0.15, -0.1) is 10.2 Å². The van der Waals surface area contributed by atoms with Crippen LogP contribution in [0.1, 0.15) is 19.7 Å². The third-order valence-corrected chi connectivity index (χ3v) is 4.31. The largest absolute Gasteiger partial charge is 0.474 e. The van der Waals surface area contributed by atoms with Gasteiger partial charge in [-0.1, -0.05) is 17.7 Å². The molecule has 0 saturated heterocycles. The van der Waals surface area contributed by atoms with E-state index in [9.17, 15) is 17.6 Å². The maximum absolute atomic E-state index is 13.9. The molecular formula is C18H14ClF4N3O. The van der Waals surface area contributed by atoms with E-state index in [2.05, 4.69) is 10.2 Å². The van der Waals surface area contributed by atoms with E-state index < -0.39 is 34.6 Å². The maximum Gasteiger partial charge on any atom is 0.192 e. The molecule has 3 rings (SSSR count). The van der Waals surface area contributed by atoms with Crippen LogP contribution in [-0.4, -0.2) is 14.8 Å². The number of hydrogen-bond acceptors (Lipinski definition) is 3. The van der Waals surface area contributed by atoms with E-state index in [1.165, 1.54) is 30.5 Å². The topological polar surface area (TPSA) is 39.9 Å². The first kappa shape index (κ1) is 19.2. The average Bonchev–Trinajstić information content (AvgIpc) is 2.96. The van der Waals surface area contributed by atoms with Crippen molar-refractivity contribution in [2.45, 2.75) is 19.4 Å². The predicted octanol–water partition coefficient (Wildman–Crippen LogP) is 5.01. The van der Waals surface area contributed by atoms with Gasteiger partial charge in [-0.3, -0.25) is 0 Å². The normalized spacial score (nSPS) is 11.7. The lowest BCUT2D eigenvalue weighted by atomic mass is 10.1. The van der Waals surface area contributed by atoms with Crippen LogP contribution >= 0.6 is 11.6 Å². The van der Waals surface area contributed by atoms with Gasteiger partial charge in [0.05, 0.1) is 5.02 Å². The van der Waals surface area contributed by atoms with Gasteiger partial charge in [-0.05, 0) is 26.0 Å². The molecule has 1 aromatic heterocycles. The summed E-state index contributed by atoms with van der Waals surface area (Å²) in [5.41, 5.74) is -1.05. The first-order chi connectivity index (χ1) is 12.6. The van der Waals surface area contributed by atoms with E-state index >= 15 is 0 Å². The molecule has 0 aliphatic heterocycles. The van der Waals surface area contributed by atoms with Crippen LogP contribution in [0.3, 0.4) is 0 Å². The van der Waals surface area contributed by atoms with E-state index in [0.29, 0.717) is 17.7 Å². The van der Waals surface area contributed by atoms with Crippen molar-refractivity contribution < 1.29 is 22.3 Å². The Morgan fingerprint density at radius 3 is 2.26 bits per heavy atom. The van der Waals surface area contributed by atoms with Gasteiger partial charge in [0.1, 0.15) is 11.6 Å². The van der Waals surface area contributed by atoms with Crippen molar-refractivity contribution in [1.82, 2.24) is 14.8 Å². The fraction of sp³-hybridized carbons (Fsp3) is 0.222. The first-order valence-electron chi connectivity index (χ1n) is 7.79. The molecule has 1 heterocycles. The van der Waals surface area contributed by atoms with Crippen LogP contribution in [0.4, 0.5) is 17.6 Å². The Labute approximate surface area is 157 Å².